The number of carboxylic acids is 1. The normalized spacial score (nSPS) is 11.2. The second-order valence-electron chi connectivity index (χ2n) is 5.08. The molecule has 2 rings (SSSR count). The molecule has 0 bridgehead atoms. The first-order valence-corrected chi connectivity index (χ1v) is 7.06. The second kappa shape index (κ2) is 6.09. The van der Waals surface area contributed by atoms with Crippen LogP contribution in [0.3, 0.4) is 0 Å². The molecule has 2 aromatic rings. The third-order valence-corrected chi connectivity index (χ3v) is 3.80. The number of aryl methyl sites for hydroxylation is 1. The summed E-state index contributed by atoms with van der Waals surface area (Å²) in [5, 5.41) is 19.4. The highest BCUT2D eigenvalue weighted by molar-refractivity contribution is 5.95. The van der Waals surface area contributed by atoms with E-state index in [1.165, 1.54) is 5.56 Å². The molecule has 0 unspecified atom stereocenters. The zero-order valence-corrected chi connectivity index (χ0v) is 12.0. The number of nitrogens with zero attached hydrogens (tertiary/aromatic N) is 1. The molecule has 0 atom stereocenters. The molecule has 108 valence electrons. The van der Waals surface area contributed by atoms with Crippen molar-refractivity contribution in [3.8, 4) is 0 Å². The fraction of sp³-hybridized carbons (Fsp3) is 0.438. The van der Waals surface area contributed by atoms with Gasteiger partial charge in [0.25, 0.3) is 0 Å². The van der Waals surface area contributed by atoms with Crippen LogP contribution in [0, 0.1) is 6.92 Å². The highest BCUT2D eigenvalue weighted by Gasteiger charge is 2.15. The lowest BCUT2D eigenvalue weighted by Gasteiger charge is -2.06. The molecular formula is C16H21NO3. The maximum absolute atomic E-state index is 11.1. The van der Waals surface area contributed by atoms with Gasteiger partial charge in [-0.1, -0.05) is 13.3 Å². The third kappa shape index (κ3) is 2.56. The molecule has 2 N–H and O–H groups in total. The topological polar surface area (TPSA) is 62.5 Å². The summed E-state index contributed by atoms with van der Waals surface area (Å²) < 4.78 is 2.08. The molecule has 1 heterocycles. The molecule has 0 aliphatic carbocycles. The number of carbonyl (C=O) groups is 1. The molecule has 1 aromatic heterocycles. The van der Waals surface area contributed by atoms with Gasteiger partial charge < -0.3 is 14.8 Å². The molecule has 0 saturated heterocycles. The average molecular weight is 275 g/mol. The molecular weight excluding hydrogens is 254 g/mol. The largest absolute Gasteiger partial charge is 0.478 e. The molecule has 1 aromatic carbocycles. The van der Waals surface area contributed by atoms with Crippen molar-refractivity contribution in [3.05, 3.63) is 35.0 Å². The SMILES string of the molecule is CCCCc1c(C)n(CCO)c2ccc(C(=O)O)cc12. The van der Waals surface area contributed by atoms with Gasteiger partial charge in [-0.15, -0.1) is 0 Å². The van der Waals surface area contributed by atoms with Crippen LogP contribution in [0.15, 0.2) is 18.2 Å². The summed E-state index contributed by atoms with van der Waals surface area (Å²) in [6.07, 6.45) is 3.13. The van der Waals surface area contributed by atoms with E-state index in [-0.39, 0.29) is 6.61 Å². The van der Waals surface area contributed by atoms with Gasteiger partial charge >= 0.3 is 5.97 Å². The van der Waals surface area contributed by atoms with E-state index in [1.807, 2.05) is 13.0 Å². The quantitative estimate of drug-likeness (QED) is 0.852. The predicted molar refractivity (Wildman–Crippen MR) is 79.3 cm³/mol. The Morgan fingerprint density at radius 3 is 2.70 bits per heavy atom. The lowest BCUT2D eigenvalue weighted by Crippen LogP contribution is -2.04. The van der Waals surface area contributed by atoms with Crippen molar-refractivity contribution in [1.29, 1.82) is 0 Å². The Balaban J connectivity index is 2.63. The van der Waals surface area contributed by atoms with E-state index < -0.39 is 5.97 Å². The number of fused-ring (bicyclic) bond motifs is 1. The highest BCUT2D eigenvalue weighted by Crippen LogP contribution is 2.28. The first-order chi connectivity index (χ1) is 9.60. The maximum Gasteiger partial charge on any atom is 0.335 e. The zero-order chi connectivity index (χ0) is 14.7. The molecule has 0 radical (unpaired) electrons. The van der Waals surface area contributed by atoms with E-state index >= 15 is 0 Å². The molecule has 0 fully saturated rings. The van der Waals surface area contributed by atoms with Gasteiger partial charge in [0.1, 0.15) is 0 Å². The summed E-state index contributed by atoms with van der Waals surface area (Å²) in [7, 11) is 0. The first kappa shape index (κ1) is 14.6. The second-order valence-corrected chi connectivity index (χ2v) is 5.08. The van der Waals surface area contributed by atoms with Gasteiger partial charge in [0.2, 0.25) is 0 Å². The van der Waals surface area contributed by atoms with E-state index in [9.17, 15) is 9.90 Å². The highest BCUT2D eigenvalue weighted by atomic mass is 16.4. The standard InChI is InChI=1S/C16H21NO3/c1-3-4-5-13-11(2)17(8-9-18)15-7-6-12(16(19)20)10-14(13)15/h6-7,10,18H,3-5,8-9H2,1-2H3,(H,19,20). The monoisotopic (exact) mass is 275 g/mol. The molecule has 0 saturated carbocycles. The fourth-order valence-electron chi connectivity index (χ4n) is 2.74. The van der Waals surface area contributed by atoms with Gasteiger partial charge in [0.05, 0.1) is 12.2 Å². The van der Waals surface area contributed by atoms with Gasteiger partial charge in [-0.25, -0.2) is 4.79 Å². The number of unbranched alkanes of at least 4 members (excludes halogenated alkanes) is 1. The minimum Gasteiger partial charge on any atom is -0.478 e. The van der Waals surface area contributed by atoms with Crippen molar-refractivity contribution in [2.75, 3.05) is 6.61 Å². The van der Waals surface area contributed by atoms with E-state index in [1.54, 1.807) is 12.1 Å². The Morgan fingerprint density at radius 2 is 2.10 bits per heavy atom. The maximum atomic E-state index is 11.1. The van der Waals surface area contributed by atoms with Crippen LogP contribution in [0.1, 0.15) is 41.4 Å². The van der Waals surface area contributed by atoms with Crippen LogP contribution in [-0.2, 0) is 13.0 Å². The predicted octanol–water partition coefficient (Wildman–Crippen LogP) is 2.98. The van der Waals surface area contributed by atoms with Crippen LogP contribution in [0.25, 0.3) is 10.9 Å². The van der Waals surface area contributed by atoms with Crippen molar-refractivity contribution >= 4 is 16.9 Å². The summed E-state index contributed by atoms with van der Waals surface area (Å²) in [6, 6.07) is 5.22. The number of hydrogen-bond acceptors (Lipinski definition) is 2. The van der Waals surface area contributed by atoms with E-state index in [0.717, 1.165) is 35.9 Å². The van der Waals surface area contributed by atoms with Gasteiger partial charge in [0.15, 0.2) is 0 Å². The average Bonchev–Trinajstić information content (AvgIpc) is 2.69. The molecule has 20 heavy (non-hydrogen) atoms. The summed E-state index contributed by atoms with van der Waals surface area (Å²) in [6.45, 7) is 4.81. The number of rotatable bonds is 6. The van der Waals surface area contributed by atoms with Crippen LogP contribution in [0.2, 0.25) is 0 Å². The zero-order valence-electron chi connectivity index (χ0n) is 12.0. The third-order valence-electron chi connectivity index (χ3n) is 3.80. The summed E-state index contributed by atoms with van der Waals surface area (Å²) >= 11 is 0. The van der Waals surface area contributed by atoms with Gasteiger partial charge in [-0.2, -0.15) is 0 Å². The molecule has 0 spiro atoms. The van der Waals surface area contributed by atoms with E-state index in [0.29, 0.717) is 12.1 Å². The van der Waals surface area contributed by atoms with Crippen LogP contribution in [0.4, 0.5) is 0 Å². The Kier molecular flexibility index (Phi) is 4.45. The van der Waals surface area contributed by atoms with Crippen molar-refractivity contribution in [3.63, 3.8) is 0 Å². The number of aromatic nitrogens is 1. The van der Waals surface area contributed by atoms with Crippen molar-refractivity contribution in [2.24, 2.45) is 0 Å². The Labute approximate surface area is 118 Å². The molecule has 0 aliphatic heterocycles. The number of aromatic carboxylic acids is 1. The minimum absolute atomic E-state index is 0.0819. The van der Waals surface area contributed by atoms with Crippen molar-refractivity contribution < 1.29 is 15.0 Å². The number of hydrogen-bond donors (Lipinski definition) is 2. The van der Waals surface area contributed by atoms with Crippen molar-refractivity contribution in [1.82, 2.24) is 4.57 Å². The molecule has 0 amide bonds. The van der Waals surface area contributed by atoms with Crippen LogP contribution < -0.4 is 0 Å². The van der Waals surface area contributed by atoms with Crippen LogP contribution in [-0.4, -0.2) is 27.4 Å². The Morgan fingerprint density at radius 1 is 1.35 bits per heavy atom. The van der Waals surface area contributed by atoms with Crippen molar-refractivity contribution in [2.45, 2.75) is 39.7 Å². The Bertz CT molecular complexity index is 628. The van der Waals surface area contributed by atoms with Crippen LogP contribution >= 0.6 is 0 Å². The lowest BCUT2D eigenvalue weighted by molar-refractivity contribution is 0.0697. The molecule has 0 aliphatic rings. The fourth-order valence-corrected chi connectivity index (χ4v) is 2.74. The summed E-state index contributed by atoms with van der Waals surface area (Å²) in [5.41, 5.74) is 3.66. The lowest BCUT2D eigenvalue weighted by atomic mass is 10.0. The smallest absolute Gasteiger partial charge is 0.335 e. The number of carboxylic acid groups (broad SMARTS) is 1. The van der Waals surface area contributed by atoms with E-state index in [4.69, 9.17) is 5.11 Å². The summed E-state index contributed by atoms with van der Waals surface area (Å²) in [5.74, 6) is -0.902. The van der Waals surface area contributed by atoms with Gasteiger partial charge in [0, 0.05) is 23.1 Å². The Hall–Kier alpha value is -1.81. The van der Waals surface area contributed by atoms with Gasteiger partial charge in [-0.05, 0) is 43.5 Å². The number of benzene rings is 1. The molecule has 4 nitrogen and oxygen atoms in total. The minimum atomic E-state index is -0.902. The van der Waals surface area contributed by atoms with Crippen LogP contribution in [0.5, 0.6) is 0 Å². The number of aliphatic hydroxyl groups is 1. The summed E-state index contributed by atoms with van der Waals surface area (Å²) in [4.78, 5) is 11.1. The molecule has 4 heteroatoms. The van der Waals surface area contributed by atoms with E-state index in [2.05, 4.69) is 11.5 Å². The first-order valence-electron chi connectivity index (χ1n) is 7.06. The van der Waals surface area contributed by atoms with Gasteiger partial charge in [-0.3, -0.25) is 0 Å². The number of aliphatic hydroxyl groups excluding tert-OH is 1.